The molecule has 0 bridgehead atoms. The van der Waals surface area contributed by atoms with E-state index in [2.05, 4.69) is 4.98 Å². The number of ether oxygens (including phenoxy) is 1. The highest BCUT2D eigenvalue weighted by Crippen LogP contribution is 2.40. The molecule has 0 radical (unpaired) electrons. The molecule has 5 nitrogen and oxygen atoms in total. The number of aromatic carboxylic acids is 1. The van der Waals surface area contributed by atoms with Crippen molar-refractivity contribution < 1.29 is 23.4 Å². The Hall–Kier alpha value is -3.67. The fraction of sp³-hybridized carbons (Fsp3) is 0.130. The summed E-state index contributed by atoms with van der Waals surface area (Å²) in [4.78, 5) is 16.2. The van der Waals surface area contributed by atoms with Crippen LogP contribution in [0.1, 0.15) is 24.2 Å². The van der Waals surface area contributed by atoms with Crippen molar-refractivity contribution >= 4 is 16.9 Å². The number of furan rings is 1. The zero-order valence-corrected chi connectivity index (χ0v) is 15.8. The van der Waals surface area contributed by atoms with Crippen LogP contribution in [0.5, 0.6) is 5.75 Å². The van der Waals surface area contributed by atoms with Crippen LogP contribution in [-0.4, -0.2) is 22.2 Å². The van der Waals surface area contributed by atoms with Crippen LogP contribution >= 0.6 is 0 Å². The molecule has 0 saturated carbocycles. The third-order valence-electron chi connectivity index (χ3n) is 4.45. The predicted molar refractivity (Wildman–Crippen MR) is 108 cm³/mol. The highest BCUT2D eigenvalue weighted by atomic mass is 19.1. The molecule has 0 unspecified atom stereocenters. The molecule has 0 spiro atoms. The van der Waals surface area contributed by atoms with Gasteiger partial charge in [0.15, 0.2) is 0 Å². The fourth-order valence-electron chi connectivity index (χ4n) is 3.24. The molecule has 0 fully saturated rings. The SMILES string of the molecule is CC(C)Oc1cc2c(C(=O)O)c(-c3ccc(F)cc3)oc2cc1-c1cccnc1. The van der Waals surface area contributed by atoms with E-state index >= 15 is 0 Å². The Kier molecular flexibility index (Phi) is 4.76. The second kappa shape index (κ2) is 7.39. The molecule has 2 heterocycles. The van der Waals surface area contributed by atoms with Gasteiger partial charge in [0.2, 0.25) is 0 Å². The number of rotatable bonds is 5. The standard InChI is InChI=1S/C23H18FNO4/c1-13(2)28-19-11-18-20(10-17(19)15-4-3-9-25-12-15)29-22(21(18)23(26)27)14-5-7-16(24)8-6-14/h3-13H,1-2H3,(H,26,27). The molecule has 0 atom stereocenters. The lowest BCUT2D eigenvalue weighted by molar-refractivity contribution is 0.0699. The van der Waals surface area contributed by atoms with Gasteiger partial charge in [0, 0.05) is 34.5 Å². The lowest BCUT2D eigenvalue weighted by Gasteiger charge is -2.14. The van der Waals surface area contributed by atoms with Crippen LogP contribution in [0.15, 0.2) is 65.3 Å². The summed E-state index contributed by atoms with van der Waals surface area (Å²) in [6.07, 6.45) is 3.27. The molecule has 1 N–H and O–H groups in total. The van der Waals surface area contributed by atoms with E-state index < -0.39 is 11.8 Å². The van der Waals surface area contributed by atoms with E-state index in [1.807, 2.05) is 26.0 Å². The minimum Gasteiger partial charge on any atom is -0.490 e. The first-order valence-electron chi connectivity index (χ1n) is 9.11. The van der Waals surface area contributed by atoms with Crippen molar-refractivity contribution in [2.45, 2.75) is 20.0 Å². The molecule has 146 valence electrons. The Bertz CT molecular complexity index is 1180. The largest absolute Gasteiger partial charge is 0.490 e. The topological polar surface area (TPSA) is 72.6 Å². The number of pyridine rings is 1. The van der Waals surface area contributed by atoms with Crippen molar-refractivity contribution in [3.63, 3.8) is 0 Å². The maximum Gasteiger partial charge on any atom is 0.340 e. The van der Waals surface area contributed by atoms with E-state index in [0.717, 1.165) is 11.1 Å². The molecule has 0 saturated heterocycles. The Morgan fingerprint density at radius 2 is 1.90 bits per heavy atom. The van der Waals surface area contributed by atoms with E-state index in [9.17, 15) is 14.3 Å². The van der Waals surface area contributed by atoms with Gasteiger partial charge in [-0.25, -0.2) is 9.18 Å². The number of carboxylic acid groups (broad SMARTS) is 1. The first-order valence-corrected chi connectivity index (χ1v) is 9.11. The molecule has 2 aromatic heterocycles. The maximum absolute atomic E-state index is 13.3. The molecule has 4 rings (SSSR count). The fourth-order valence-corrected chi connectivity index (χ4v) is 3.24. The molecule has 4 aromatic rings. The van der Waals surface area contributed by atoms with Gasteiger partial charge in [0.05, 0.1) is 6.10 Å². The monoisotopic (exact) mass is 391 g/mol. The average Bonchev–Trinajstić information content (AvgIpc) is 3.06. The molecular weight excluding hydrogens is 373 g/mol. The predicted octanol–water partition coefficient (Wildman–Crippen LogP) is 5.79. The first-order chi connectivity index (χ1) is 13.9. The second-order valence-corrected chi connectivity index (χ2v) is 6.87. The van der Waals surface area contributed by atoms with E-state index in [1.165, 1.54) is 24.3 Å². The zero-order chi connectivity index (χ0) is 20.5. The van der Waals surface area contributed by atoms with E-state index in [-0.39, 0.29) is 17.4 Å². The van der Waals surface area contributed by atoms with Crippen LogP contribution in [0.2, 0.25) is 0 Å². The quantitative estimate of drug-likeness (QED) is 0.466. The summed E-state index contributed by atoms with van der Waals surface area (Å²) in [6.45, 7) is 3.79. The summed E-state index contributed by atoms with van der Waals surface area (Å²) in [7, 11) is 0. The van der Waals surface area contributed by atoms with Gasteiger partial charge in [-0.05, 0) is 56.3 Å². The molecule has 2 aromatic carbocycles. The second-order valence-electron chi connectivity index (χ2n) is 6.87. The van der Waals surface area contributed by atoms with Crippen molar-refractivity contribution in [1.29, 1.82) is 0 Å². The Balaban J connectivity index is 1.99. The summed E-state index contributed by atoms with van der Waals surface area (Å²) in [5.41, 5.74) is 2.46. The van der Waals surface area contributed by atoms with E-state index in [4.69, 9.17) is 9.15 Å². The number of benzene rings is 2. The number of nitrogens with zero attached hydrogens (tertiary/aromatic N) is 1. The number of aromatic nitrogens is 1. The Labute approximate surface area is 166 Å². The van der Waals surface area contributed by atoms with Crippen molar-refractivity contribution in [3.8, 4) is 28.2 Å². The minimum absolute atomic E-state index is 0.0120. The van der Waals surface area contributed by atoms with Gasteiger partial charge in [-0.3, -0.25) is 4.98 Å². The van der Waals surface area contributed by atoms with E-state index in [1.54, 1.807) is 24.5 Å². The molecule has 0 aliphatic rings. The van der Waals surface area contributed by atoms with Crippen LogP contribution in [0, 0.1) is 5.82 Å². The Morgan fingerprint density at radius 1 is 1.14 bits per heavy atom. The van der Waals surface area contributed by atoms with Gasteiger partial charge in [0.25, 0.3) is 0 Å². The molecular formula is C23H18FNO4. The van der Waals surface area contributed by atoms with Gasteiger partial charge in [0.1, 0.15) is 28.5 Å². The van der Waals surface area contributed by atoms with Gasteiger partial charge in [-0.1, -0.05) is 6.07 Å². The van der Waals surface area contributed by atoms with Gasteiger partial charge in [-0.15, -0.1) is 0 Å². The Morgan fingerprint density at radius 3 is 2.52 bits per heavy atom. The van der Waals surface area contributed by atoms with E-state index in [0.29, 0.717) is 22.3 Å². The van der Waals surface area contributed by atoms with Crippen LogP contribution in [0.25, 0.3) is 33.4 Å². The maximum atomic E-state index is 13.3. The summed E-state index contributed by atoms with van der Waals surface area (Å²) in [5, 5.41) is 10.3. The number of hydrogen-bond donors (Lipinski definition) is 1. The molecule has 6 heteroatoms. The van der Waals surface area contributed by atoms with Crippen molar-refractivity contribution in [2.75, 3.05) is 0 Å². The van der Waals surface area contributed by atoms with Crippen LogP contribution in [-0.2, 0) is 0 Å². The summed E-state index contributed by atoms with van der Waals surface area (Å²) < 4.78 is 25.2. The molecule has 0 aliphatic heterocycles. The highest BCUT2D eigenvalue weighted by molar-refractivity contribution is 6.09. The summed E-state index contributed by atoms with van der Waals surface area (Å²) in [5.74, 6) is -0.832. The van der Waals surface area contributed by atoms with Crippen molar-refractivity contribution in [3.05, 3.63) is 72.3 Å². The highest BCUT2D eigenvalue weighted by Gasteiger charge is 2.24. The normalized spacial score (nSPS) is 11.2. The lowest BCUT2D eigenvalue weighted by Crippen LogP contribution is -2.06. The molecule has 0 amide bonds. The third kappa shape index (κ3) is 3.57. The summed E-state index contributed by atoms with van der Waals surface area (Å²) in [6, 6.07) is 12.7. The summed E-state index contributed by atoms with van der Waals surface area (Å²) >= 11 is 0. The first kappa shape index (κ1) is 18.7. The van der Waals surface area contributed by atoms with Gasteiger partial charge < -0.3 is 14.3 Å². The number of carboxylic acids is 1. The number of hydrogen-bond acceptors (Lipinski definition) is 4. The smallest absolute Gasteiger partial charge is 0.340 e. The zero-order valence-electron chi connectivity index (χ0n) is 15.8. The number of halogens is 1. The minimum atomic E-state index is -1.13. The number of fused-ring (bicyclic) bond motifs is 1. The van der Waals surface area contributed by atoms with Crippen LogP contribution in [0.4, 0.5) is 4.39 Å². The average molecular weight is 391 g/mol. The van der Waals surface area contributed by atoms with Gasteiger partial charge in [-0.2, -0.15) is 0 Å². The van der Waals surface area contributed by atoms with Crippen LogP contribution < -0.4 is 4.74 Å². The molecule has 29 heavy (non-hydrogen) atoms. The van der Waals surface area contributed by atoms with Crippen LogP contribution in [0.3, 0.4) is 0 Å². The van der Waals surface area contributed by atoms with Crippen molar-refractivity contribution in [2.24, 2.45) is 0 Å². The molecule has 0 aliphatic carbocycles. The number of carbonyl (C=O) groups is 1. The van der Waals surface area contributed by atoms with Gasteiger partial charge >= 0.3 is 5.97 Å². The third-order valence-corrected chi connectivity index (χ3v) is 4.45. The van der Waals surface area contributed by atoms with Crippen molar-refractivity contribution in [1.82, 2.24) is 4.98 Å². The lowest BCUT2D eigenvalue weighted by atomic mass is 10.0.